The Morgan fingerprint density at radius 1 is 0.900 bits per heavy atom. The highest BCUT2D eigenvalue weighted by molar-refractivity contribution is 6.04. The fourth-order valence-electron chi connectivity index (χ4n) is 10.3. The van der Waals surface area contributed by atoms with Gasteiger partial charge in [-0.3, -0.25) is 29.4 Å². The van der Waals surface area contributed by atoms with Crippen LogP contribution in [0.15, 0.2) is 54.6 Å². The van der Waals surface area contributed by atoms with E-state index >= 15 is 0 Å². The van der Waals surface area contributed by atoms with E-state index in [0.717, 1.165) is 61.6 Å². The molecule has 3 aromatic carbocycles. The molecule has 8 rings (SSSR count). The number of halogens is 1. The molecule has 316 valence electrons. The second-order valence-electron chi connectivity index (χ2n) is 18.5. The molecule has 1 spiro atoms. The fourth-order valence-corrected chi connectivity index (χ4v) is 10.3. The number of piperidine rings is 1. The van der Waals surface area contributed by atoms with E-state index in [1.807, 2.05) is 50.2 Å². The number of nitriles is 1. The maximum atomic E-state index is 15.0. The van der Waals surface area contributed by atoms with Crippen molar-refractivity contribution in [3.05, 3.63) is 88.2 Å². The Hall–Kier alpha value is -5.52. The number of imide groups is 1. The van der Waals surface area contributed by atoms with Crippen molar-refractivity contribution in [2.45, 2.75) is 103 Å². The summed E-state index contributed by atoms with van der Waals surface area (Å²) in [5, 5.41) is 17.5. The number of aryl methyl sites for hydroxylation is 2. The van der Waals surface area contributed by atoms with Crippen LogP contribution in [-0.4, -0.2) is 97.2 Å². The lowest BCUT2D eigenvalue weighted by Gasteiger charge is -2.63. The first-order valence-corrected chi connectivity index (χ1v) is 20.8. The number of ether oxygens (including phenoxy) is 3. The van der Waals surface area contributed by atoms with Gasteiger partial charge >= 0.3 is 0 Å². The Bertz CT molecular complexity index is 2220. The fraction of sp³-hybridized carbons (Fsp3) is 0.500. The Kier molecular flexibility index (Phi) is 10.6. The summed E-state index contributed by atoms with van der Waals surface area (Å²) < 4.78 is 33.9. The molecule has 3 N–H and O–H groups in total. The number of hydrogen-bond donors (Lipinski definition) is 3. The van der Waals surface area contributed by atoms with E-state index in [4.69, 9.17) is 14.2 Å². The first-order valence-electron chi connectivity index (χ1n) is 20.8. The molecule has 4 amide bonds. The van der Waals surface area contributed by atoms with E-state index in [0.29, 0.717) is 29.5 Å². The second-order valence-corrected chi connectivity index (χ2v) is 18.5. The highest BCUT2D eigenvalue weighted by Crippen LogP contribution is 2.55. The van der Waals surface area contributed by atoms with E-state index in [1.54, 1.807) is 6.07 Å². The SMILES string of the molecule is Cc1cc(OC2C(C)(C)C(NC(=O)c3ccc(N4CC5(C4)CN(C4CC(Oc6ccc(C(=O)N[C@H]7CCC(=O)NC7=O)c(F)c6)C4)CCO5)cc3)C2(C)C)cc(C)c1C#N. The number of amides is 4. The molecule has 0 radical (unpaired) electrons. The lowest BCUT2D eigenvalue weighted by molar-refractivity contribution is -0.164. The summed E-state index contributed by atoms with van der Waals surface area (Å²) in [5.74, 6) is -1.51. The maximum absolute atomic E-state index is 15.0. The Balaban J connectivity index is 0.791. The molecule has 0 aromatic heterocycles. The van der Waals surface area contributed by atoms with Gasteiger partial charge in [-0.2, -0.15) is 5.26 Å². The average Bonchev–Trinajstić information content (AvgIpc) is 3.17. The predicted molar refractivity (Wildman–Crippen MR) is 220 cm³/mol. The van der Waals surface area contributed by atoms with Crippen molar-refractivity contribution in [2.75, 3.05) is 37.7 Å². The normalized spacial score (nSPS) is 26.4. The van der Waals surface area contributed by atoms with Crippen LogP contribution in [0.1, 0.15) is 90.8 Å². The third kappa shape index (κ3) is 7.69. The van der Waals surface area contributed by atoms with Crippen molar-refractivity contribution in [2.24, 2.45) is 10.8 Å². The molecule has 5 aliphatic rings. The van der Waals surface area contributed by atoms with Crippen LogP contribution in [0.2, 0.25) is 0 Å². The molecule has 2 saturated carbocycles. The van der Waals surface area contributed by atoms with Gasteiger partial charge in [0.25, 0.3) is 11.8 Å². The molecule has 60 heavy (non-hydrogen) atoms. The van der Waals surface area contributed by atoms with Gasteiger partial charge in [0.2, 0.25) is 11.8 Å². The minimum atomic E-state index is -0.890. The van der Waals surface area contributed by atoms with Gasteiger partial charge in [0.15, 0.2) is 0 Å². The Labute approximate surface area is 349 Å². The maximum Gasteiger partial charge on any atom is 0.254 e. The average molecular weight is 821 g/mol. The van der Waals surface area contributed by atoms with Crippen molar-refractivity contribution < 1.29 is 37.8 Å². The van der Waals surface area contributed by atoms with Crippen molar-refractivity contribution in [3.8, 4) is 17.6 Å². The topological polar surface area (TPSA) is 162 Å². The van der Waals surface area contributed by atoms with Crippen molar-refractivity contribution in [1.29, 1.82) is 5.26 Å². The van der Waals surface area contributed by atoms with Gasteiger partial charge in [-0.05, 0) is 79.9 Å². The summed E-state index contributed by atoms with van der Waals surface area (Å²) >= 11 is 0. The standard InChI is InChI=1S/C46H53FN6O7/c1-26-17-32(18-27(2)35(26)22-48)60-43-44(3,4)42(45(43,5)6)51-39(55)28-7-9-29(10-8-28)53-24-46(25-53)23-52(15-16-58-46)30-19-33(20-30)59-31-11-12-34(36(47)21-31)40(56)49-37-13-14-38(54)50-41(37)57/h7-12,17-18,21,30,33,37,42-43H,13-16,19-20,23-25H2,1-6H3,(H,49,56)(H,51,55)(H,50,54,57)/t30?,33?,37-,42?,43?/m0/s1. The smallest absolute Gasteiger partial charge is 0.254 e. The van der Waals surface area contributed by atoms with Crippen LogP contribution >= 0.6 is 0 Å². The Morgan fingerprint density at radius 3 is 2.22 bits per heavy atom. The summed E-state index contributed by atoms with van der Waals surface area (Å²) in [6.45, 7) is 16.1. The molecule has 2 aliphatic carbocycles. The molecule has 1 atom stereocenters. The van der Waals surface area contributed by atoms with Gasteiger partial charge in [-0.1, -0.05) is 27.7 Å². The van der Waals surface area contributed by atoms with E-state index in [-0.39, 0.29) is 59.0 Å². The molecular weight excluding hydrogens is 768 g/mol. The number of benzene rings is 3. The number of hydrogen-bond acceptors (Lipinski definition) is 10. The quantitative estimate of drug-likeness (QED) is 0.239. The third-order valence-corrected chi connectivity index (χ3v) is 13.3. The number of rotatable bonds is 10. The lowest BCUT2D eigenvalue weighted by Crippen LogP contribution is -2.74. The van der Waals surface area contributed by atoms with Crippen molar-refractivity contribution in [1.82, 2.24) is 20.9 Å². The van der Waals surface area contributed by atoms with Crippen LogP contribution in [-0.2, 0) is 14.3 Å². The predicted octanol–water partition coefficient (Wildman–Crippen LogP) is 4.96. The molecule has 3 saturated heterocycles. The van der Waals surface area contributed by atoms with Gasteiger partial charge in [0.05, 0.1) is 36.9 Å². The minimum absolute atomic E-state index is 0.0799. The van der Waals surface area contributed by atoms with Crippen LogP contribution in [0.3, 0.4) is 0 Å². The van der Waals surface area contributed by atoms with Gasteiger partial charge < -0.3 is 29.7 Å². The number of anilines is 1. The summed E-state index contributed by atoms with van der Waals surface area (Å²) in [5.41, 5.74) is 2.93. The molecule has 14 heteroatoms. The molecule has 5 fully saturated rings. The minimum Gasteiger partial charge on any atom is -0.490 e. The zero-order valence-electron chi connectivity index (χ0n) is 35.0. The molecule has 3 aliphatic heterocycles. The van der Waals surface area contributed by atoms with Gasteiger partial charge in [-0.25, -0.2) is 4.39 Å². The second kappa shape index (κ2) is 15.5. The van der Waals surface area contributed by atoms with Gasteiger partial charge in [0.1, 0.15) is 41.2 Å². The van der Waals surface area contributed by atoms with Crippen molar-refractivity contribution in [3.63, 3.8) is 0 Å². The number of carbonyl (C=O) groups excluding carboxylic acids is 4. The Morgan fingerprint density at radius 2 is 1.58 bits per heavy atom. The molecule has 0 bridgehead atoms. The summed E-state index contributed by atoms with van der Waals surface area (Å²) in [4.78, 5) is 54.3. The van der Waals surface area contributed by atoms with E-state index in [1.165, 1.54) is 12.1 Å². The molecule has 3 aromatic rings. The number of nitrogens with one attached hydrogen (secondary N) is 3. The summed E-state index contributed by atoms with van der Waals surface area (Å²) in [6, 6.07) is 17.3. The summed E-state index contributed by atoms with van der Waals surface area (Å²) in [7, 11) is 0. The van der Waals surface area contributed by atoms with Crippen LogP contribution in [0.5, 0.6) is 11.5 Å². The monoisotopic (exact) mass is 820 g/mol. The van der Waals surface area contributed by atoms with Gasteiger partial charge in [-0.15, -0.1) is 0 Å². The molecule has 3 heterocycles. The number of morpholine rings is 1. The highest BCUT2D eigenvalue weighted by atomic mass is 19.1. The largest absolute Gasteiger partial charge is 0.490 e. The number of carbonyl (C=O) groups is 4. The molecule has 0 unspecified atom stereocenters. The first kappa shape index (κ1) is 41.2. The van der Waals surface area contributed by atoms with Crippen LogP contribution in [0.25, 0.3) is 0 Å². The zero-order valence-corrected chi connectivity index (χ0v) is 35.0. The van der Waals surface area contributed by atoms with E-state index in [9.17, 15) is 28.8 Å². The van der Waals surface area contributed by atoms with Crippen molar-refractivity contribution >= 4 is 29.3 Å². The molecular formula is C46H53FN6O7. The van der Waals surface area contributed by atoms with E-state index < -0.39 is 29.6 Å². The summed E-state index contributed by atoms with van der Waals surface area (Å²) in [6.07, 6.45) is 1.64. The number of nitrogens with zero attached hydrogens (tertiary/aromatic N) is 3. The third-order valence-electron chi connectivity index (χ3n) is 13.3. The lowest BCUT2D eigenvalue weighted by atomic mass is 9.49. The van der Waals surface area contributed by atoms with E-state index in [2.05, 4.69) is 59.5 Å². The first-order chi connectivity index (χ1) is 28.5. The van der Waals surface area contributed by atoms with Gasteiger partial charge in [0, 0.05) is 72.6 Å². The molecule has 13 nitrogen and oxygen atoms in total. The van der Waals surface area contributed by atoms with Crippen LogP contribution < -0.4 is 30.3 Å². The van der Waals surface area contributed by atoms with Crippen LogP contribution in [0, 0.1) is 41.8 Å². The zero-order chi connectivity index (χ0) is 42.7. The highest BCUT2D eigenvalue weighted by Gasteiger charge is 2.64. The van der Waals surface area contributed by atoms with Crippen LogP contribution in [0.4, 0.5) is 10.1 Å².